The molecule has 0 fully saturated rings. The molecule has 2 atom stereocenters. The van der Waals surface area contributed by atoms with Gasteiger partial charge in [0.05, 0.1) is 19.8 Å². The molecule has 0 aliphatic heterocycles. The molecule has 0 bridgehead atoms. The monoisotopic (exact) mass is 306 g/mol. The Hall–Kier alpha value is -1.98. The Morgan fingerprint density at radius 3 is 2.45 bits per heavy atom. The van der Waals surface area contributed by atoms with E-state index in [0.29, 0.717) is 11.1 Å². The summed E-state index contributed by atoms with van der Waals surface area (Å²) in [7, 11) is 1.22. The minimum absolute atomic E-state index is 0.130. The van der Waals surface area contributed by atoms with Crippen LogP contribution in [0.3, 0.4) is 0 Å². The lowest BCUT2D eigenvalue weighted by atomic mass is 9.93. The highest BCUT2D eigenvalue weighted by atomic mass is 16.5. The Morgan fingerprint density at radius 1 is 1.27 bits per heavy atom. The van der Waals surface area contributed by atoms with Crippen molar-refractivity contribution in [3.05, 3.63) is 47.5 Å². The lowest BCUT2D eigenvalue weighted by Crippen LogP contribution is -2.26. The number of rotatable bonds is 8. The van der Waals surface area contributed by atoms with Crippen molar-refractivity contribution in [3.8, 4) is 0 Å². The van der Waals surface area contributed by atoms with E-state index in [1.165, 1.54) is 7.11 Å². The number of esters is 1. The van der Waals surface area contributed by atoms with Crippen LogP contribution in [0, 0.1) is 5.92 Å². The number of carbonyl (C=O) groups is 2. The van der Waals surface area contributed by atoms with E-state index < -0.39 is 18.0 Å². The van der Waals surface area contributed by atoms with Crippen molar-refractivity contribution in [1.29, 1.82) is 0 Å². The molecule has 0 amide bonds. The summed E-state index contributed by atoms with van der Waals surface area (Å²) in [6, 6.07) is 8.81. The largest absolute Gasteiger partial charge is 0.468 e. The van der Waals surface area contributed by atoms with Gasteiger partial charge < -0.3 is 14.9 Å². The number of benzene rings is 1. The molecule has 1 aromatic rings. The summed E-state index contributed by atoms with van der Waals surface area (Å²) in [6.07, 6.45) is 0.674. The van der Waals surface area contributed by atoms with Gasteiger partial charge in [0.15, 0.2) is 0 Å². The summed E-state index contributed by atoms with van der Waals surface area (Å²) in [5.74, 6) is -1.98. The van der Waals surface area contributed by atoms with Gasteiger partial charge in [-0.2, -0.15) is 0 Å². The van der Waals surface area contributed by atoms with Gasteiger partial charge >= 0.3 is 5.97 Å². The fourth-order valence-corrected chi connectivity index (χ4v) is 2.01. The number of Topliss-reactive ketones (excluding diaryl/α,β-unsaturated/α-hetero) is 1. The van der Waals surface area contributed by atoms with Gasteiger partial charge in [0.25, 0.3) is 0 Å². The zero-order valence-electron chi connectivity index (χ0n) is 12.9. The molecule has 5 nitrogen and oxygen atoms in total. The van der Waals surface area contributed by atoms with Gasteiger partial charge in [0, 0.05) is 6.42 Å². The molecule has 0 aromatic heterocycles. The number of carbonyl (C=O) groups excluding carboxylic acids is 2. The number of aliphatic hydroxyl groups excluding tert-OH is 2. The molecule has 0 saturated carbocycles. The first kappa shape index (κ1) is 18.1. The van der Waals surface area contributed by atoms with Gasteiger partial charge in [-0.1, -0.05) is 42.0 Å². The van der Waals surface area contributed by atoms with Gasteiger partial charge in [-0.05, 0) is 18.9 Å². The van der Waals surface area contributed by atoms with E-state index in [1.807, 2.05) is 6.07 Å². The molecule has 1 rings (SSSR count). The number of aliphatic hydroxyl groups is 2. The van der Waals surface area contributed by atoms with Crippen molar-refractivity contribution in [1.82, 2.24) is 0 Å². The van der Waals surface area contributed by atoms with Crippen molar-refractivity contribution in [2.45, 2.75) is 25.9 Å². The highest BCUT2D eigenvalue weighted by Crippen LogP contribution is 2.21. The van der Waals surface area contributed by atoms with Gasteiger partial charge in [-0.3, -0.25) is 9.59 Å². The standard InChI is InChI=1S/C17H22O5/c1-12(11-18)8-9-14(17(21)22-2)16(20)10-15(19)13-6-4-3-5-7-13/h3-8,14-15,18-19H,9-11H2,1-2H3/b12-8-. The maximum atomic E-state index is 12.3. The summed E-state index contributed by atoms with van der Waals surface area (Å²) in [4.78, 5) is 24.0. The van der Waals surface area contributed by atoms with Crippen molar-refractivity contribution < 1.29 is 24.5 Å². The first-order chi connectivity index (χ1) is 10.5. The normalized spacial score (nSPS) is 14.3. The maximum absolute atomic E-state index is 12.3. The van der Waals surface area contributed by atoms with E-state index in [2.05, 4.69) is 4.74 Å². The summed E-state index contributed by atoms with van der Waals surface area (Å²) >= 11 is 0. The lowest BCUT2D eigenvalue weighted by molar-refractivity contribution is -0.149. The number of ketones is 1. The van der Waals surface area contributed by atoms with Crippen LogP contribution >= 0.6 is 0 Å². The minimum Gasteiger partial charge on any atom is -0.468 e. The fraction of sp³-hybridized carbons (Fsp3) is 0.412. The molecule has 22 heavy (non-hydrogen) atoms. The van der Waals surface area contributed by atoms with Gasteiger partial charge in [0.1, 0.15) is 11.7 Å². The van der Waals surface area contributed by atoms with Crippen LogP contribution in [-0.4, -0.2) is 35.7 Å². The van der Waals surface area contributed by atoms with Crippen LogP contribution in [0.4, 0.5) is 0 Å². The highest BCUT2D eigenvalue weighted by molar-refractivity contribution is 5.99. The highest BCUT2D eigenvalue weighted by Gasteiger charge is 2.28. The Balaban J connectivity index is 2.77. The van der Waals surface area contributed by atoms with Crippen LogP contribution in [0.15, 0.2) is 42.0 Å². The smallest absolute Gasteiger partial charge is 0.316 e. The summed E-state index contributed by atoms with van der Waals surface area (Å²) in [5, 5.41) is 19.1. The Kier molecular flexibility index (Phi) is 7.49. The summed E-state index contributed by atoms with van der Waals surface area (Å²) in [6.45, 7) is 1.58. The third-order valence-electron chi connectivity index (χ3n) is 3.40. The summed E-state index contributed by atoms with van der Waals surface area (Å²) < 4.78 is 4.65. The van der Waals surface area contributed by atoms with E-state index in [9.17, 15) is 14.7 Å². The molecule has 0 saturated heterocycles. The van der Waals surface area contributed by atoms with E-state index in [-0.39, 0.29) is 25.2 Å². The molecule has 120 valence electrons. The third kappa shape index (κ3) is 5.42. The van der Waals surface area contributed by atoms with Gasteiger partial charge in [0.2, 0.25) is 0 Å². The van der Waals surface area contributed by atoms with Crippen molar-refractivity contribution >= 4 is 11.8 Å². The van der Waals surface area contributed by atoms with Crippen molar-refractivity contribution in [3.63, 3.8) is 0 Å². The Bertz CT molecular complexity index is 521. The molecule has 2 N–H and O–H groups in total. The third-order valence-corrected chi connectivity index (χ3v) is 3.40. The van der Waals surface area contributed by atoms with E-state index in [0.717, 1.165) is 0 Å². The minimum atomic E-state index is -0.968. The van der Waals surface area contributed by atoms with Crippen molar-refractivity contribution in [2.24, 2.45) is 5.92 Å². The molecule has 1 aromatic carbocycles. The molecule has 0 spiro atoms. The van der Waals surface area contributed by atoms with Crippen LogP contribution in [0.1, 0.15) is 31.4 Å². The second-order valence-corrected chi connectivity index (χ2v) is 5.12. The van der Waals surface area contributed by atoms with Gasteiger partial charge in [-0.15, -0.1) is 0 Å². The predicted octanol–water partition coefficient (Wildman–Crippen LogP) is 1.80. The zero-order valence-corrected chi connectivity index (χ0v) is 12.9. The van der Waals surface area contributed by atoms with Crippen LogP contribution in [0.2, 0.25) is 0 Å². The van der Waals surface area contributed by atoms with Crippen LogP contribution in [-0.2, 0) is 14.3 Å². The van der Waals surface area contributed by atoms with Crippen LogP contribution < -0.4 is 0 Å². The van der Waals surface area contributed by atoms with E-state index in [1.54, 1.807) is 37.3 Å². The average molecular weight is 306 g/mol. The fourth-order valence-electron chi connectivity index (χ4n) is 2.01. The van der Waals surface area contributed by atoms with Gasteiger partial charge in [-0.25, -0.2) is 0 Å². The summed E-state index contributed by atoms with van der Waals surface area (Å²) in [5.41, 5.74) is 1.30. The maximum Gasteiger partial charge on any atom is 0.316 e. The SMILES string of the molecule is COC(=O)C(C/C=C(/C)CO)C(=O)CC(O)c1ccccc1. The number of hydrogen-bond donors (Lipinski definition) is 2. The second kappa shape index (κ2) is 9.12. The second-order valence-electron chi connectivity index (χ2n) is 5.12. The van der Waals surface area contributed by atoms with E-state index >= 15 is 0 Å². The van der Waals surface area contributed by atoms with Crippen molar-refractivity contribution in [2.75, 3.05) is 13.7 Å². The molecule has 0 heterocycles. The zero-order chi connectivity index (χ0) is 16.5. The molecule has 0 aliphatic rings. The Morgan fingerprint density at radius 2 is 1.91 bits per heavy atom. The average Bonchev–Trinajstić information content (AvgIpc) is 2.55. The quantitative estimate of drug-likeness (QED) is 0.435. The lowest BCUT2D eigenvalue weighted by Gasteiger charge is -2.15. The topological polar surface area (TPSA) is 83.8 Å². The molecule has 0 radical (unpaired) electrons. The van der Waals surface area contributed by atoms with E-state index in [4.69, 9.17) is 5.11 Å². The predicted molar refractivity (Wildman–Crippen MR) is 82.0 cm³/mol. The number of hydrogen-bond acceptors (Lipinski definition) is 5. The first-order valence-electron chi connectivity index (χ1n) is 7.09. The number of allylic oxidation sites excluding steroid dienone is 1. The Labute approximate surface area is 130 Å². The molecule has 5 heteroatoms. The van der Waals surface area contributed by atoms with Crippen LogP contribution in [0.25, 0.3) is 0 Å². The molecular formula is C17H22O5. The molecular weight excluding hydrogens is 284 g/mol. The molecule has 2 unspecified atom stereocenters. The van der Waals surface area contributed by atoms with Crippen LogP contribution in [0.5, 0.6) is 0 Å². The molecule has 0 aliphatic carbocycles. The number of ether oxygens (including phenoxy) is 1. The number of methoxy groups -OCH3 is 1. The first-order valence-corrected chi connectivity index (χ1v) is 7.09.